The third-order valence-electron chi connectivity index (χ3n) is 3.52. The number of carbonyl (C=O) groups excluding carboxylic acids is 1. The molecule has 0 radical (unpaired) electrons. The van der Waals surface area contributed by atoms with Crippen LogP contribution in [0.1, 0.15) is 23.7 Å². The van der Waals surface area contributed by atoms with Gasteiger partial charge in [-0.05, 0) is 17.7 Å². The Morgan fingerprint density at radius 3 is 3.05 bits per heavy atom. The summed E-state index contributed by atoms with van der Waals surface area (Å²) in [5.74, 6) is 0.140. The Bertz CT molecular complexity index is 579. The molecule has 1 aliphatic heterocycles. The van der Waals surface area contributed by atoms with Crippen LogP contribution in [0.5, 0.6) is 0 Å². The van der Waals surface area contributed by atoms with E-state index in [0.29, 0.717) is 13.0 Å². The quantitative estimate of drug-likeness (QED) is 0.877. The number of hydrogen-bond acceptors (Lipinski definition) is 3. The zero-order chi connectivity index (χ0) is 13.2. The summed E-state index contributed by atoms with van der Waals surface area (Å²) in [6, 6.07) is 10.0. The number of anilines is 1. The highest BCUT2D eigenvalue weighted by Crippen LogP contribution is 2.33. The fourth-order valence-corrected chi connectivity index (χ4v) is 2.44. The maximum Gasteiger partial charge on any atom is 0.228 e. The number of carbonyl (C=O) groups is 1. The van der Waals surface area contributed by atoms with E-state index in [2.05, 4.69) is 21.6 Å². The number of benzene rings is 1. The van der Waals surface area contributed by atoms with E-state index in [0.717, 1.165) is 11.4 Å². The minimum Gasteiger partial charge on any atom is -0.315 e. The SMILES string of the molecule is CN1C(=O)CC(NCc2ccn[nH]2)c2ccccc21. The van der Waals surface area contributed by atoms with Gasteiger partial charge in [0.1, 0.15) is 0 Å². The number of nitrogens with one attached hydrogen (secondary N) is 2. The van der Waals surface area contributed by atoms with E-state index >= 15 is 0 Å². The minimum absolute atomic E-state index is 0.0585. The monoisotopic (exact) mass is 256 g/mol. The first kappa shape index (κ1) is 11.9. The lowest BCUT2D eigenvalue weighted by Crippen LogP contribution is -2.37. The largest absolute Gasteiger partial charge is 0.315 e. The van der Waals surface area contributed by atoms with Crippen LogP contribution in [0.25, 0.3) is 0 Å². The van der Waals surface area contributed by atoms with Crippen LogP contribution in [0.4, 0.5) is 5.69 Å². The Balaban J connectivity index is 1.82. The van der Waals surface area contributed by atoms with Gasteiger partial charge in [-0.15, -0.1) is 0 Å². The molecule has 5 nitrogen and oxygen atoms in total. The molecule has 98 valence electrons. The summed E-state index contributed by atoms with van der Waals surface area (Å²) in [4.78, 5) is 13.7. The van der Waals surface area contributed by atoms with Gasteiger partial charge in [-0.2, -0.15) is 5.10 Å². The van der Waals surface area contributed by atoms with Gasteiger partial charge in [0.15, 0.2) is 0 Å². The van der Waals surface area contributed by atoms with E-state index in [-0.39, 0.29) is 11.9 Å². The van der Waals surface area contributed by atoms with Crippen LogP contribution in [-0.2, 0) is 11.3 Å². The second-order valence-corrected chi connectivity index (χ2v) is 4.73. The molecule has 0 fully saturated rings. The number of nitrogens with zero attached hydrogens (tertiary/aromatic N) is 2. The number of amides is 1. The normalized spacial score (nSPS) is 18.5. The van der Waals surface area contributed by atoms with Gasteiger partial charge < -0.3 is 10.2 Å². The molecule has 0 spiro atoms. The van der Waals surface area contributed by atoms with Gasteiger partial charge in [0.2, 0.25) is 5.91 Å². The van der Waals surface area contributed by atoms with E-state index in [4.69, 9.17) is 0 Å². The molecule has 5 heteroatoms. The molecule has 0 bridgehead atoms. The molecule has 1 aromatic heterocycles. The van der Waals surface area contributed by atoms with Crippen molar-refractivity contribution in [3.63, 3.8) is 0 Å². The van der Waals surface area contributed by atoms with Crippen molar-refractivity contribution >= 4 is 11.6 Å². The van der Waals surface area contributed by atoms with Crippen molar-refractivity contribution in [1.29, 1.82) is 0 Å². The van der Waals surface area contributed by atoms with E-state index in [1.807, 2.05) is 31.3 Å². The summed E-state index contributed by atoms with van der Waals surface area (Å²) in [5.41, 5.74) is 3.17. The summed E-state index contributed by atoms with van der Waals surface area (Å²) in [6.07, 6.45) is 2.21. The van der Waals surface area contributed by atoms with Gasteiger partial charge in [-0.3, -0.25) is 9.89 Å². The lowest BCUT2D eigenvalue weighted by Gasteiger charge is -2.32. The number of aromatic nitrogens is 2. The number of fused-ring (bicyclic) bond motifs is 1. The first-order valence-corrected chi connectivity index (χ1v) is 6.33. The smallest absolute Gasteiger partial charge is 0.228 e. The molecule has 2 aromatic rings. The van der Waals surface area contributed by atoms with Crippen LogP contribution < -0.4 is 10.2 Å². The maximum absolute atomic E-state index is 12.0. The van der Waals surface area contributed by atoms with Crippen molar-refractivity contribution in [2.75, 3.05) is 11.9 Å². The average Bonchev–Trinajstić information content (AvgIpc) is 2.95. The number of para-hydroxylation sites is 1. The van der Waals surface area contributed by atoms with E-state index in [1.54, 1.807) is 11.1 Å². The fourth-order valence-electron chi connectivity index (χ4n) is 2.44. The van der Waals surface area contributed by atoms with Gasteiger partial charge in [-0.25, -0.2) is 0 Å². The lowest BCUT2D eigenvalue weighted by molar-refractivity contribution is -0.119. The Kier molecular flexibility index (Phi) is 3.05. The topological polar surface area (TPSA) is 61.0 Å². The molecule has 19 heavy (non-hydrogen) atoms. The second kappa shape index (κ2) is 4.85. The van der Waals surface area contributed by atoms with Crippen molar-refractivity contribution in [3.8, 4) is 0 Å². The minimum atomic E-state index is 0.0585. The standard InChI is InChI=1S/C14H16N4O/c1-18-13-5-3-2-4-11(13)12(8-14(18)19)15-9-10-6-7-16-17-10/h2-7,12,15H,8-9H2,1H3,(H,16,17). The number of hydrogen-bond donors (Lipinski definition) is 2. The van der Waals surface area contributed by atoms with Crippen molar-refractivity contribution in [2.24, 2.45) is 0 Å². The molecule has 1 unspecified atom stereocenters. The molecule has 2 heterocycles. The summed E-state index contributed by atoms with van der Waals surface area (Å²) < 4.78 is 0. The van der Waals surface area contributed by atoms with Crippen LogP contribution in [0, 0.1) is 0 Å². The highest BCUT2D eigenvalue weighted by atomic mass is 16.2. The zero-order valence-electron chi connectivity index (χ0n) is 10.8. The third-order valence-corrected chi connectivity index (χ3v) is 3.52. The van der Waals surface area contributed by atoms with Crippen LogP contribution >= 0.6 is 0 Å². The fraction of sp³-hybridized carbons (Fsp3) is 0.286. The molecule has 2 N–H and O–H groups in total. The van der Waals surface area contributed by atoms with Gasteiger partial charge >= 0.3 is 0 Å². The van der Waals surface area contributed by atoms with Gasteiger partial charge in [0, 0.05) is 43.6 Å². The highest BCUT2D eigenvalue weighted by molar-refractivity contribution is 5.96. The first-order chi connectivity index (χ1) is 9.25. The second-order valence-electron chi connectivity index (χ2n) is 4.73. The predicted octanol–water partition coefficient (Wildman–Crippen LogP) is 1.61. The number of aromatic amines is 1. The summed E-state index contributed by atoms with van der Waals surface area (Å²) >= 11 is 0. The first-order valence-electron chi connectivity index (χ1n) is 6.33. The van der Waals surface area contributed by atoms with Crippen molar-refractivity contribution in [3.05, 3.63) is 47.8 Å². The van der Waals surface area contributed by atoms with Crippen molar-refractivity contribution < 1.29 is 4.79 Å². The molecule has 1 aliphatic rings. The summed E-state index contributed by atoms with van der Waals surface area (Å²) in [5, 5.41) is 10.2. The van der Waals surface area contributed by atoms with Crippen LogP contribution in [0.3, 0.4) is 0 Å². The average molecular weight is 256 g/mol. The molecular weight excluding hydrogens is 240 g/mol. The highest BCUT2D eigenvalue weighted by Gasteiger charge is 2.28. The van der Waals surface area contributed by atoms with Crippen molar-refractivity contribution in [1.82, 2.24) is 15.5 Å². The maximum atomic E-state index is 12.0. The molecule has 1 atom stereocenters. The van der Waals surface area contributed by atoms with Gasteiger partial charge in [-0.1, -0.05) is 18.2 Å². The zero-order valence-corrected chi connectivity index (χ0v) is 10.8. The van der Waals surface area contributed by atoms with Crippen molar-refractivity contribution in [2.45, 2.75) is 19.0 Å². The number of rotatable bonds is 3. The molecule has 0 aliphatic carbocycles. The molecule has 1 aromatic carbocycles. The summed E-state index contributed by atoms with van der Waals surface area (Å²) in [7, 11) is 1.83. The van der Waals surface area contributed by atoms with Gasteiger partial charge in [0.05, 0.1) is 0 Å². The van der Waals surface area contributed by atoms with Crippen LogP contribution in [0.2, 0.25) is 0 Å². The molecule has 0 saturated heterocycles. The van der Waals surface area contributed by atoms with E-state index in [9.17, 15) is 4.79 Å². The van der Waals surface area contributed by atoms with E-state index < -0.39 is 0 Å². The molecule has 0 saturated carbocycles. The Labute approximate surface area is 111 Å². The Morgan fingerprint density at radius 2 is 2.26 bits per heavy atom. The van der Waals surface area contributed by atoms with Crippen LogP contribution in [0.15, 0.2) is 36.5 Å². The number of H-pyrrole nitrogens is 1. The molecule has 1 amide bonds. The molecule has 3 rings (SSSR count). The third kappa shape index (κ3) is 2.24. The predicted molar refractivity (Wildman–Crippen MR) is 72.6 cm³/mol. The Hall–Kier alpha value is -2.14. The summed E-state index contributed by atoms with van der Waals surface area (Å²) in [6.45, 7) is 0.677. The van der Waals surface area contributed by atoms with E-state index in [1.165, 1.54) is 5.56 Å². The lowest BCUT2D eigenvalue weighted by atomic mass is 9.96. The van der Waals surface area contributed by atoms with Gasteiger partial charge in [0.25, 0.3) is 0 Å². The Morgan fingerprint density at radius 1 is 1.42 bits per heavy atom. The van der Waals surface area contributed by atoms with Crippen LogP contribution in [-0.4, -0.2) is 23.2 Å². The molecular formula is C14H16N4O.